The molecule has 12 nitrogen and oxygen atoms in total. The predicted octanol–water partition coefficient (Wildman–Crippen LogP) is 7.13. The van der Waals surface area contributed by atoms with E-state index in [1.807, 2.05) is 18.2 Å². The fourth-order valence-electron chi connectivity index (χ4n) is 6.86. The van der Waals surface area contributed by atoms with Crippen LogP contribution in [0.5, 0.6) is 11.5 Å². The number of aliphatic hydroxyl groups is 2. The number of nitrogens with zero attached hydrogens (tertiary/aromatic N) is 2. The summed E-state index contributed by atoms with van der Waals surface area (Å²) in [5.74, 6) is -0.986. The number of carboxylic acids is 2. The molecule has 4 aromatic carbocycles. The number of benzene rings is 4. The van der Waals surface area contributed by atoms with Gasteiger partial charge in [0, 0.05) is 65.3 Å². The number of ether oxygens (including phenoxy) is 2. The number of aliphatic hydroxyl groups excluding tert-OH is 2. The van der Waals surface area contributed by atoms with E-state index in [0.29, 0.717) is 36.8 Å². The Hall–Kier alpha value is -6.14. The predicted molar refractivity (Wildman–Crippen MR) is 226 cm³/mol. The molecule has 6 N–H and O–H groups in total. The first kappa shape index (κ1) is 42.5. The van der Waals surface area contributed by atoms with Gasteiger partial charge in [-0.05, 0) is 88.5 Å². The number of aliphatic carboxylic acids is 2. The first-order valence-corrected chi connectivity index (χ1v) is 19.9. The second kappa shape index (κ2) is 20.0. The third-order valence-corrected chi connectivity index (χ3v) is 11.0. The molecule has 6 rings (SSSR count). The van der Waals surface area contributed by atoms with E-state index in [9.17, 15) is 25.1 Å². The van der Waals surface area contributed by atoms with Gasteiger partial charge in [0.05, 0.1) is 30.6 Å². The van der Waals surface area contributed by atoms with Crippen molar-refractivity contribution in [1.82, 2.24) is 15.6 Å². The van der Waals surface area contributed by atoms with Crippen LogP contribution in [0.15, 0.2) is 97.3 Å². The van der Waals surface area contributed by atoms with Crippen molar-refractivity contribution in [1.29, 1.82) is 5.26 Å². The summed E-state index contributed by atoms with van der Waals surface area (Å²) < 4.78 is 13.7. The van der Waals surface area contributed by atoms with Crippen molar-refractivity contribution in [3.05, 3.63) is 136 Å². The summed E-state index contributed by atoms with van der Waals surface area (Å²) in [5, 5.41) is 54.5. The SMILES string of the molecule is Cc1c(COc2ccc(CNCC(O)CC(=O)O)c(OCc3cncc(C#N)c3)c2)cccc1-c1cccc(-c2ccc3sc(CNCC(O)CC(=O)O)cc3c2)c1C. The Morgan fingerprint density at radius 1 is 0.763 bits per heavy atom. The van der Waals surface area contributed by atoms with Crippen molar-refractivity contribution in [3.8, 4) is 39.8 Å². The monoisotopic (exact) mass is 814 g/mol. The van der Waals surface area contributed by atoms with Gasteiger partial charge in [-0.2, -0.15) is 5.26 Å². The largest absolute Gasteiger partial charge is 0.489 e. The molecule has 0 fully saturated rings. The Labute approximate surface area is 346 Å². The molecule has 0 aliphatic heterocycles. The lowest BCUT2D eigenvalue weighted by atomic mass is 9.89. The number of carbonyl (C=O) groups is 2. The number of hydrogen-bond donors (Lipinski definition) is 6. The van der Waals surface area contributed by atoms with Crippen molar-refractivity contribution < 1.29 is 39.5 Å². The number of nitriles is 1. The highest BCUT2D eigenvalue weighted by molar-refractivity contribution is 7.19. The second-order valence-corrected chi connectivity index (χ2v) is 15.5. The molecule has 0 saturated carbocycles. The highest BCUT2D eigenvalue weighted by Crippen LogP contribution is 2.37. The number of aromatic nitrogens is 1. The molecule has 59 heavy (non-hydrogen) atoms. The number of rotatable bonds is 20. The topological polar surface area (TPSA) is 194 Å². The summed E-state index contributed by atoms with van der Waals surface area (Å²) >= 11 is 1.67. The second-order valence-electron chi connectivity index (χ2n) is 14.3. The summed E-state index contributed by atoms with van der Waals surface area (Å²) in [7, 11) is 0. The van der Waals surface area contributed by atoms with Gasteiger partial charge in [-0.1, -0.05) is 48.5 Å². The molecule has 2 atom stereocenters. The van der Waals surface area contributed by atoms with Gasteiger partial charge in [-0.25, -0.2) is 0 Å². The van der Waals surface area contributed by atoms with E-state index in [1.165, 1.54) is 6.20 Å². The fraction of sp³-hybridized carbons (Fsp3) is 0.261. The zero-order chi connectivity index (χ0) is 41.9. The van der Waals surface area contributed by atoms with Crippen LogP contribution in [0, 0.1) is 25.2 Å². The first-order chi connectivity index (χ1) is 28.5. The summed E-state index contributed by atoms with van der Waals surface area (Å²) in [6.07, 6.45) is 0.490. The Balaban J connectivity index is 1.17. The Bertz CT molecular complexity index is 2480. The average Bonchev–Trinajstić information content (AvgIpc) is 3.62. The van der Waals surface area contributed by atoms with E-state index in [2.05, 4.69) is 90.1 Å². The minimum Gasteiger partial charge on any atom is -0.489 e. The maximum atomic E-state index is 11.0. The van der Waals surface area contributed by atoms with Crippen LogP contribution in [0.2, 0.25) is 0 Å². The number of pyridine rings is 1. The molecule has 2 unspecified atom stereocenters. The number of fused-ring (bicyclic) bond motifs is 1. The summed E-state index contributed by atoms with van der Waals surface area (Å²) in [5.41, 5.74) is 9.62. The Morgan fingerprint density at radius 2 is 1.46 bits per heavy atom. The van der Waals surface area contributed by atoms with Gasteiger partial charge in [-0.15, -0.1) is 11.3 Å². The average molecular weight is 815 g/mol. The van der Waals surface area contributed by atoms with Gasteiger partial charge in [0.15, 0.2) is 0 Å². The van der Waals surface area contributed by atoms with Crippen LogP contribution in [0.1, 0.15) is 51.1 Å². The molecule has 0 aliphatic rings. The molecule has 13 heteroatoms. The van der Waals surface area contributed by atoms with Gasteiger partial charge in [-0.3, -0.25) is 14.6 Å². The maximum absolute atomic E-state index is 11.0. The van der Waals surface area contributed by atoms with Crippen LogP contribution in [0.3, 0.4) is 0 Å². The van der Waals surface area contributed by atoms with E-state index < -0.39 is 24.1 Å². The normalized spacial score (nSPS) is 12.2. The van der Waals surface area contributed by atoms with Crippen molar-refractivity contribution >= 4 is 33.4 Å². The van der Waals surface area contributed by atoms with Crippen LogP contribution in [0.4, 0.5) is 0 Å². The van der Waals surface area contributed by atoms with Crippen molar-refractivity contribution in [2.24, 2.45) is 0 Å². The van der Waals surface area contributed by atoms with Crippen LogP contribution >= 0.6 is 11.3 Å². The smallest absolute Gasteiger partial charge is 0.306 e. The molecule has 6 aromatic rings. The lowest BCUT2D eigenvalue weighted by molar-refractivity contribution is -0.140. The van der Waals surface area contributed by atoms with E-state index in [4.69, 9.17) is 19.7 Å². The summed E-state index contributed by atoms with van der Waals surface area (Å²) in [4.78, 5) is 27.1. The molecule has 2 aromatic heterocycles. The van der Waals surface area contributed by atoms with Crippen molar-refractivity contribution in [2.75, 3.05) is 13.1 Å². The first-order valence-electron chi connectivity index (χ1n) is 19.1. The zero-order valence-electron chi connectivity index (χ0n) is 32.8. The molecule has 0 bridgehead atoms. The molecule has 0 radical (unpaired) electrons. The molecule has 0 spiro atoms. The summed E-state index contributed by atoms with van der Waals surface area (Å²) in [6.45, 7) is 5.84. The van der Waals surface area contributed by atoms with E-state index >= 15 is 0 Å². The maximum Gasteiger partial charge on any atom is 0.306 e. The third-order valence-electron chi connectivity index (χ3n) is 9.89. The fourth-order valence-corrected chi connectivity index (χ4v) is 7.88. The van der Waals surface area contributed by atoms with Crippen LogP contribution in [-0.2, 0) is 35.9 Å². The number of hydrogen-bond acceptors (Lipinski definition) is 11. The van der Waals surface area contributed by atoms with Crippen LogP contribution in [0.25, 0.3) is 32.3 Å². The summed E-state index contributed by atoms with van der Waals surface area (Å²) in [6, 6.07) is 30.5. The van der Waals surface area contributed by atoms with E-state index in [0.717, 1.165) is 65.0 Å². The quantitative estimate of drug-likeness (QED) is 0.0458. The van der Waals surface area contributed by atoms with Gasteiger partial charge in [0.2, 0.25) is 0 Å². The Kier molecular flexibility index (Phi) is 14.4. The van der Waals surface area contributed by atoms with E-state index in [-0.39, 0.29) is 32.5 Å². The molecule has 2 heterocycles. The molecule has 304 valence electrons. The standard InChI is InChI=1S/C46H46N4O8S/c1-28-34(27-57-38-11-9-33(22-49-23-36(51)16-45(53)54)43(18-38)58-26-31-13-30(19-47)20-48-21-31)5-3-7-41(28)42-8-4-6-40(29(42)2)32-10-12-44-35(14-32)15-39(59-44)25-50-24-37(52)17-46(55)56/h3-15,18,20-21,36-37,49-52H,16-17,22-27H2,1-2H3,(H,53,54)(H,55,56). The van der Waals surface area contributed by atoms with Gasteiger partial charge in [0.25, 0.3) is 0 Å². The number of thiophene rings is 1. The lowest BCUT2D eigenvalue weighted by Gasteiger charge is -2.18. The van der Waals surface area contributed by atoms with Gasteiger partial charge < -0.3 is 40.5 Å². The number of nitrogens with one attached hydrogen (secondary N) is 2. The minimum absolute atomic E-state index is 0.0889. The van der Waals surface area contributed by atoms with Crippen LogP contribution in [-0.4, -0.2) is 62.6 Å². The van der Waals surface area contributed by atoms with Crippen molar-refractivity contribution in [2.45, 2.75) is 65.2 Å². The highest BCUT2D eigenvalue weighted by atomic mass is 32.1. The molecule has 0 saturated heterocycles. The zero-order valence-corrected chi connectivity index (χ0v) is 33.6. The molecule has 0 aliphatic carbocycles. The van der Waals surface area contributed by atoms with Crippen molar-refractivity contribution in [3.63, 3.8) is 0 Å². The van der Waals surface area contributed by atoms with Crippen LogP contribution < -0.4 is 20.1 Å². The van der Waals surface area contributed by atoms with Gasteiger partial charge in [0.1, 0.15) is 30.8 Å². The molecule has 0 amide bonds. The van der Waals surface area contributed by atoms with Gasteiger partial charge >= 0.3 is 11.9 Å². The number of carboxylic acid groups (broad SMARTS) is 2. The lowest BCUT2D eigenvalue weighted by Crippen LogP contribution is -2.28. The Morgan fingerprint density at radius 3 is 2.19 bits per heavy atom. The minimum atomic E-state index is -1.08. The molecular formula is C46H46N4O8S. The van der Waals surface area contributed by atoms with E-state index in [1.54, 1.807) is 29.7 Å². The third kappa shape index (κ3) is 11.5. The highest BCUT2D eigenvalue weighted by Gasteiger charge is 2.16. The molecular weight excluding hydrogens is 769 g/mol.